The molecule has 1 heterocycles. The third-order valence-electron chi connectivity index (χ3n) is 3.91. The van der Waals surface area contributed by atoms with Gasteiger partial charge in [0.1, 0.15) is 5.82 Å². The highest BCUT2D eigenvalue weighted by atomic mass is 19.1. The monoisotopic (exact) mass is 325 g/mol. The summed E-state index contributed by atoms with van der Waals surface area (Å²) in [5.74, 6) is -1.86. The quantitative estimate of drug-likeness (QED) is 0.571. The second-order valence-corrected chi connectivity index (χ2v) is 5.37. The van der Waals surface area contributed by atoms with Crippen LogP contribution >= 0.6 is 0 Å². The van der Waals surface area contributed by atoms with Crippen molar-refractivity contribution in [3.63, 3.8) is 0 Å². The number of halogens is 1. The Hall–Kier alpha value is -2.95. The Morgan fingerprint density at radius 2 is 1.88 bits per heavy atom. The molecule has 0 unspecified atom stereocenters. The third kappa shape index (κ3) is 2.93. The zero-order chi connectivity index (χ0) is 17.1. The van der Waals surface area contributed by atoms with E-state index in [1.165, 1.54) is 24.3 Å². The number of carbonyl (C=O) groups excluding carboxylic acids is 2. The second-order valence-electron chi connectivity index (χ2n) is 5.37. The van der Waals surface area contributed by atoms with Crippen LogP contribution in [-0.4, -0.2) is 23.3 Å². The highest BCUT2D eigenvalue weighted by molar-refractivity contribution is 6.09. The fourth-order valence-corrected chi connectivity index (χ4v) is 2.66. The van der Waals surface area contributed by atoms with E-state index in [0.29, 0.717) is 5.56 Å². The zero-order valence-corrected chi connectivity index (χ0v) is 13.1. The lowest BCUT2D eigenvalue weighted by Gasteiger charge is -2.05. The molecular weight excluding hydrogens is 309 g/mol. The minimum Gasteiger partial charge on any atom is -0.454 e. The number of ketones is 1. The van der Waals surface area contributed by atoms with Crippen LogP contribution in [0.5, 0.6) is 0 Å². The zero-order valence-electron chi connectivity index (χ0n) is 13.1. The number of hydrogen-bond donors (Lipinski definition) is 1. The molecule has 122 valence electrons. The Morgan fingerprint density at radius 3 is 2.62 bits per heavy atom. The Labute approximate surface area is 138 Å². The summed E-state index contributed by atoms with van der Waals surface area (Å²) in [6.07, 6.45) is 2.46. The van der Waals surface area contributed by atoms with Crippen molar-refractivity contribution in [3.05, 3.63) is 71.2 Å². The molecule has 5 heteroatoms. The lowest BCUT2D eigenvalue weighted by atomic mass is 10.1. The van der Waals surface area contributed by atoms with Crippen LogP contribution in [0.15, 0.2) is 48.7 Å². The molecular formula is C19H16FNO3. The van der Waals surface area contributed by atoms with Gasteiger partial charge in [-0.1, -0.05) is 37.3 Å². The van der Waals surface area contributed by atoms with Crippen molar-refractivity contribution < 1.29 is 18.7 Å². The predicted octanol–water partition coefficient (Wildman–Crippen LogP) is 3.91. The van der Waals surface area contributed by atoms with E-state index in [9.17, 15) is 14.0 Å². The maximum Gasteiger partial charge on any atom is 0.341 e. The Morgan fingerprint density at radius 1 is 1.08 bits per heavy atom. The minimum atomic E-state index is -0.851. The van der Waals surface area contributed by atoms with E-state index in [2.05, 4.69) is 4.98 Å². The molecule has 4 nitrogen and oxygen atoms in total. The number of rotatable bonds is 5. The molecule has 1 aromatic heterocycles. The van der Waals surface area contributed by atoms with E-state index in [1.807, 2.05) is 25.1 Å². The van der Waals surface area contributed by atoms with E-state index in [-0.39, 0.29) is 11.3 Å². The number of aromatic nitrogens is 1. The molecule has 0 atom stereocenters. The van der Waals surface area contributed by atoms with Gasteiger partial charge in [-0.25, -0.2) is 9.18 Å². The fraction of sp³-hybridized carbons (Fsp3) is 0.158. The largest absolute Gasteiger partial charge is 0.454 e. The lowest BCUT2D eigenvalue weighted by molar-refractivity contribution is 0.0470. The van der Waals surface area contributed by atoms with Crippen molar-refractivity contribution in [1.29, 1.82) is 0 Å². The summed E-state index contributed by atoms with van der Waals surface area (Å²) in [5, 5.41) is 0.793. The highest BCUT2D eigenvalue weighted by Crippen LogP contribution is 2.22. The average molecular weight is 325 g/mol. The van der Waals surface area contributed by atoms with Gasteiger partial charge < -0.3 is 9.72 Å². The van der Waals surface area contributed by atoms with Gasteiger partial charge in [0.05, 0.1) is 5.56 Å². The number of Topliss-reactive ketones (excluding diaryl/α,β-unsaturated/α-hetero) is 1. The summed E-state index contributed by atoms with van der Waals surface area (Å²) in [7, 11) is 0. The number of aryl methyl sites for hydroxylation is 1. The fourth-order valence-electron chi connectivity index (χ4n) is 2.66. The number of carbonyl (C=O) groups is 2. The Kier molecular flexibility index (Phi) is 4.42. The molecule has 0 saturated carbocycles. The van der Waals surface area contributed by atoms with Crippen LogP contribution in [0.4, 0.5) is 4.39 Å². The van der Waals surface area contributed by atoms with Crippen LogP contribution in [0.25, 0.3) is 10.9 Å². The molecule has 0 spiro atoms. The molecule has 0 radical (unpaired) electrons. The van der Waals surface area contributed by atoms with Crippen LogP contribution in [0, 0.1) is 5.82 Å². The molecule has 0 amide bonds. The topological polar surface area (TPSA) is 59.2 Å². The Balaban J connectivity index is 1.76. The summed E-state index contributed by atoms with van der Waals surface area (Å²) in [5.41, 5.74) is 2.29. The summed E-state index contributed by atoms with van der Waals surface area (Å²) < 4.78 is 18.5. The molecule has 3 aromatic rings. The predicted molar refractivity (Wildman–Crippen MR) is 88.7 cm³/mol. The summed E-state index contributed by atoms with van der Waals surface area (Å²) in [6.45, 7) is 1.60. The van der Waals surface area contributed by atoms with Crippen molar-refractivity contribution in [2.45, 2.75) is 13.3 Å². The van der Waals surface area contributed by atoms with Crippen LogP contribution < -0.4 is 0 Å². The molecule has 24 heavy (non-hydrogen) atoms. The van der Waals surface area contributed by atoms with Gasteiger partial charge in [-0.05, 0) is 24.1 Å². The first kappa shape index (κ1) is 15.9. The van der Waals surface area contributed by atoms with Gasteiger partial charge >= 0.3 is 5.97 Å². The number of para-hydroxylation sites is 1. The highest BCUT2D eigenvalue weighted by Gasteiger charge is 2.17. The number of nitrogens with one attached hydrogen (secondary N) is 1. The Bertz CT molecular complexity index is 914. The van der Waals surface area contributed by atoms with Crippen LogP contribution in [0.2, 0.25) is 0 Å². The normalized spacial score (nSPS) is 10.8. The first-order chi connectivity index (χ1) is 11.6. The molecule has 3 rings (SSSR count). The molecule has 0 aliphatic heterocycles. The van der Waals surface area contributed by atoms with Gasteiger partial charge in [0.15, 0.2) is 6.61 Å². The minimum absolute atomic E-state index is 0.183. The van der Waals surface area contributed by atoms with Crippen molar-refractivity contribution in [1.82, 2.24) is 4.98 Å². The van der Waals surface area contributed by atoms with Gasteiger partial charge in [-0.15, -0.1) is 0 Å². The van der Waals surface area contributed by atoms with Gasteiger partial charge in [-0.2, -0.15) is 0 Å². The number of H-pyrrole nitrogens is 1. The first-order valence-corrected chi connectivity index (χ1v) is 7.65. The molecule has 2 aromatic carbocycles. The third-order valence-corrected chi connectivity index (χ3v) is 3.91. The number of fused-ring (bicyclic) bond motifs is 1. The standard InChI is InChI=1S/C19H16FNO3/c1-2-12-6-5-8-13-15(10-21-18(12)13)17(22)11-24-19(23)14-7-3-4-9-16(14)20/h3-10,21H,2,11H2,1H3. The average Bonchev–Trinajstić information content (AvgIpc) is 3.04. The number of benzene rings is 2. The van der Waals surface area contributed by atoms with Gasteiger partial charge in [-0.3, -0.25) is 4.79 Å². The SMILES string of the molecule is CCc1cccc2c(C(=O)COC(=O)c3ccccc3F)c[nH]c12. The van der Waals surface area contributed by atoms with Crippen LogP contribution in [0.1, 0.15) is 33.2 Å². The van der Waals surface area contributed by atoms with Gasteiger partial charge in [0, 0.05) is 22.7 Å². The van der Waals surface area contributed by atoms with Crippen LogP contribution in [-0.2, 0) is 11.2 Å². The van der Waals surface area contributed by atoms with Crippen molar-refractivity contribution >= 4 is 22.7 Å². The summed E-state index contributed by atoms with van der Waals surface area (Å²) >= 11 is 0. The molecule has 0 fully saturated rings. The van der Waals surface area contributed by atoms with Gasteiger partial charge in [0.2, 0.25) is 5.78 Å². The molecule has 0 saturated heterocycles. The van der Waals surface area contributed by atoms with Gasteiger partial charge in [0.25, 0.3) is 0 Å². The molecule has 0 aliphatic carbocycles. The molecule has 0 aliphatic rings. The summed E-state index contributed by atoms with van der Waals surface area (Å²) in [4.78, 5) is 27.3. The molecule has 0 bridgehead atoms. The second kappa shape index (κ2) is 6.66. The number of hydrogen-bond acceptors (Lipinski definition) is 3. The van der Waals surface area contributed by atoms with E-state index in [4.69, 9.17) is 4.74 Å². The maximum atomic E-state index is 13.5. The van der Waals surface area contributed by atoms with Crippen molar-refractivity contribution in [2.24, 2.45) is 0 Å². The van der Waals surface area contributed by atoms with Crippen molar-refractivity contribution in [2.75, 3.05) is 6.61 Å². The van der Waals surface area contributed by atoms with E-state index in [0.717, 1.165) is 22.9 Å². The first-order valence-electron chi connectivity index (χ1n) is 7.65. The number of ether oxygens (including phenoxy) is 1. The lowest BCUT2D eigenvalue weighted by Crippen LogP contribution is -2.15. The number of aromatic amines is 1. The number of esters is 1. The van der Waals surface area contributed by atoms with Crippen LogP contribution in [0.3, 0.4) is 0 Å². The molecule has 1 N–H and O–H groups in total. The summed E-state index contributed by atoms with van der Waals surface area (Å²) in [6, 6.07) is 11.2. The van der Waals surface area contributed by atoms with Crippen molar-refractivity contribution in [3.8, 4) is 0 Å². The maximum absolute atomic E-state index is 13.5. The van der Waals surface area contributed by atoms with E-state index < -0.39 is 18.4 Å². The smallest absolute Gasteiger partial charge is 0.341 e. The van der Waals surface area contributed by atoms with E-state index >= 15 is 0 Å². The van der Waals surface area contributed by atoms with E-state index in [1.54, 1.807) is 6.20 Å².